The molecule has 0 atom stereocenters. The molecule has 2 N–H and O–H groups in total. The molecule has 0 bridgehead atoms. The summed E-state index contributed by atoms with van der Waals surface area (Å²) in [5, 5.41) is 0. The van der Waals surface area contributed by atoms with E-state index < -0.39 is 5.97 Å². The van der Waals surface area contributed by atoms with E-state index in [9.17, 15) is 19.2 Å². The second-order valence-corrected chi connectivity index (χ2v) is 13.2. The van der Waals surface area contributed by atoms with E-state index in [0.29, 0.717) is 56.1 Å². The summed E-state index contributed by atoms with van der Waals surface area (Å²) in [7, 11) is 5.45. The van der Waals surface area contributed by atoms with Crippen molar-refractivity contribution in [1.82, 2.24) is 29.6 Å². The van der Waals surface area contributed by atoms with Crippen molar-refractivity contribution in [2.75, 3.05) is 89.9 Å². The number of carbonyl (C=O) groups excluding carboxylic acids is 4. The van der Waals surface area contributed by atoms with Crippen LogP contribution in [0.15, 0.2) is 97.3 Å². The first-order valence-electron chi connectivity index (χ1n) is 18.0. The van der Waals surface area contributed by atoms with E-state index in [1.54, 1.807) is 34.1 Å². The number of methoxy groups -OCH3 is 1. The van der Waals surface area contributed by atoms with Crippen LogP contribution in [0.25, 0.3) is 0 Å². The number of amides is 4. The average Bonchev–Trinajstić information content (AvgIpc) is 3.22. The van der Waals surface area contributed by atoms with Crippen LogP contribution in [0.3, 0.4) is 0 Å². The fourth-order valence-electron chi connectivity index (χ4n) is 5.97. The summed E-state index contributed by atoms with van der Waals surface area (Å²) in [6, 6.07) is 26.0. The van der Waals surface area contributed by atoms with Gasteiger partial charge in [-0.15, -0.1) is 0 Å². The summed E-state index contributed by atoms with van der Waals surface area (Å²) in [5.41, 5.74) is 9.33. The van der Waals surface area contributed by atoms with Crippen LogP contribution in [0.5, 0.6) is 0 Å². The number of hydrogen-bond acceptors (Lipinski definition) is 10. The van der Waals surface area contributed by atoms with Crippen LogP contribution in [0.4, 0.5) is 21.0 Å². The number of benzene rings is 2. The number of nitrogens with zero attached hydrogens (tertiary/aromatic N) is 8. The zero-order valence-electron chi connectivity index (χ0n) is 31.2. The number of rotatable bonds is 9. The third-order valence-corrected chi connectivity index (χ3v) is 9.36. The first-order chi connectivity index (χ1) is 26.2. The van der Waals surface area contributed by atoms with Crippen molar-refractivity contribution in [3.05, 3.63) is 120 Å². The number of pyridine rings is 2. The molecule has 14 heteroatoms. The van der Waals surface area contributed by atoms with Crippen molar-refractivity contribution < 1.29 is 23.9 Å². The number of urea groups is 2. The highest BCUT2D eigenvalue weighted by Crippen LogP contribution is 2.21. The zero-order chi connectivity index (χ0) is 38.5. The van der Waals surface area contributed by atoms with E-state index >= 15 is 0 Å². The van der Waals surface area contributed by atoms with Gasteiger partial charge in [0.05, 0.1) is 43.7 Å². The lowest BCUT2D eigenvalue weighted by molar-refractivity contribution is 0.0600. The van der Waals surface area contributed by atoms with E-state index in [1.807, 2.05) is 70.5 Å². The minimum atomic E-state index is -0.428. The number of carbonyl (C=O) groups is 4. The Balaban J connectivity index is 0.000000208. The number of hydrogen-bond donors (Lipinski definition) is 1. The Morgan fingerprint density at radius 2 is 1.02 bits per heavy atom. The van der Waals surface area contributed by atoms with E-state index in [-0.39, 0.29) is 24.4 Å². The molecule has 0 spiro atoms. The van der Waals surface area contributed by atoms with Gasteiger partial charge in [0.25, 0.3) is 0 Å². The van der Waals surface area contributed by atoms with Crippen LogP contribution in [0, 0.1) is 0 Å². The van der Waals surface area contributed by atoms with Crippen LogP contribution in [-0.4, -0.2) is 133 Å². The Bertz CT molecular complexity index is 1680. The molecule has 6 rings (SSSR count). The summed E-state index contributed by atoms with van der Waals surface area (Å²) >= 11 is 0. The van der Waals surface area contributed by atoms with Crippen LogP contribution in [0.2, 0.25) is 0 Å². The summed E-state index contributed by atoms with van der Waals surface area (Å²) in [4.78, 5) is 69.9. The number of para-hydroxylation sites is 2. The highest BCUT2D eigenvalue weighted by Gasteiger charge is 2.27. The molecule has 2 aromatic heterocycles. The summed E-state index contributed by atoms with van der Waals surface area (Å²) in [6.45, 7) is 6.89. The molecule has 2 aliphatic heterocycles. The minimum absolute atomic E-state index is 0.0294. The normalized spacial score (nSPS) is 14.7. The molecule has 0 unspecified atom stereocenters. The van der Waals surface area contributed by atoms with Crippen LogP contribution in [-0.2, 0) is 17.8 Å². The van der Waals surface area contributed by atoms with E-state index in [1.165, 1.54) is 19.5 Å². The largest absolute Gasteiger partial charge is 0.465 e. The van der Waals surface area contributed by atoms with E-state index in [4.69, 9.17) is 10.5 Å². The van der Waals surface area contributed by atoms with Crippen molar-refractivity contribution in [3.63, 3.8) is 0 Å². The van der Waals surface area contributed by atoms with Gasteiger partial charge in [0, 0.05) is 81.7 Å². The molecule has 2 fully saturated rings. The third-order valence-electron chi connectivity index (χ3n) is 9.36. The monoisotopic (exact) mass is 735 g/mol. The zero-order valence-corrected chi connectivity index (χ0v) is 31.2. The van der Waals surface area contributed by atoms with Gasteiger partial charge >= 0.3 is 18.0 Å². The molecule has 0 radical (unpaired) electrons. The number of ether oxygens (including phenoxy) is 1. The van der Waals surface area contributed by atoms with Crippen molar-refractivity contribution in [2.45, 2.75) is 13.1 Å². The average molecular weight is 736 g/mol. The number of anilines is 2. The van der Waals surface area contributed by atoms with Crippen LogP contribution in [0.1, 0.15) is 32.1 Å². The minimum Gasteiger partial charge on any atom is -0.465 e. The fourth-order valence-corrected chi connectivity index (χ4v) is 5.97. The molecule has 284 valence electrons. The standard InChI is InChI=1S/C20H25N5O2.C20H24N4O3/c1-23-9-11-24(12-10-23)20(27)25(18-5-3-2-4-6-18)15-17-8-7-16(14-22-17)19(26)13-21;1-22-10-12-23(13-11-22)20(26)24(18-6-4-3-5-7-18)15-17-9-8-16(14-21-17)19(25)27-2/h2-8,14H,9-13,15,21H2,1H3;3-9,14H,10-13,15H2,1-2H3. The number of ketones is 1. The Kier molecular flexibility index (Phi) is 14.2. The van der Waals surface area contributed by atoms with Gasteiger partial charge in [-0.1, -0.05) is 36.4 Å². The van der Waals surface area contributed by atoms with Gasteiger partial charge in [-0.05, 0) is 62.6 Å². The molecule has 2 saturated heterocycles. The lowest BCUT2D eigenvalue weighted by atomic mass is 10.1. The molecular formula is C40H49N9O5. The maximum absolute atomic E-state index is 13.2. The Morgan fingerprint density at radius 1 is 0.611 bits per heavy atom. The first-order valence-corrected chi connectivity index (χ1v) is 18.0. The maximum atomic E-state index is 13.2. The van der Waals surface area contributed by atoms with Crippen LogP contribution < -0.4 is 15.5 Å². The fraction of sp³-hybridized carbons (Fsp3) is 0.350. The van der Waals surface area contributed by atoms with Crippen molar-refractivity contribution in [2.24, 2.45) is 5.73 Å². The molecule has 0 saturated carbocycles. The second kappa shape index (κ2) is 19.4. The lowest BCUT2D eigenvalue weighted by Gasteiger charge is -2.36. The Hall–Kier alpha value is -5.70. The highest BCUT2D eigenvalue weighted by molar-refractivity contribution is 5.97. The van der Waals surface area contributed by atoms with Crippen LogP contribution >= 0.6 is 0 Å². The molecule has 4 heterocycles. The number of likely N-dealkylation sites (N-methyl/N-ethyl adjacent to an activating group) is 2. The first kappa shape index (κ1) is 39.5. The number of piperazine rings is 2. The molecule has 54 heavy (non-hydrogen) atoms. The number of esters is 1. The highest BCUT2D eigenvalue weighted by atomic mass is 16.5. The summed E-state index contributed by atoms with van der Waals surface area (Å²) in [5.74, 6) is -0.579. The van der Waals surface area contributed by atoms with Gasteiger partial charge in [-0.25, -0.2) is 14.4 Å². The molecule has 0 aliphatic carbocycles. The van der Waals surface area contributed by atoms with Gasteiger partial charge in [0.15, 0.2) is 5.78 Å². The van der Waals surface area contributed by atoms with Crippen molar-refractivity contribution >= 4 is 35.2 Å². The quantitative estimate of drug-likeness (QED) is 0.199. The molecular weight excluding hydrogens is 686 g/mol. The smallest absolute Gasteiger partial charge is 0.339 e. The van der Waals surface area contributed by atoms with Gasteiger partial charge in [0.1, 0.15) is 0 Å². The van der Waals surface area contributed by atoms with Gasteiger partial charge in [-0.2, -0.15) is 0 Å². The van der Waals surface area contributed by atoms with Crippen molar-refractivity contribution in [3.8, 4) is 0 Å². The predicted molar refractivity (Wildman–Crippen MR) is 207 cm³/mol. The Labute approximate surface area is 316 Å². The molecule has 2 aliphatic rings. The SMILES string of the molecule is CN1CCN(C(=O)N(Cc2ccc(C(=O)CN)cn2)c2ccccc2)CC1.COC(=O)c1ccc(CN(C(=O)N2CCN(C)CC2)c2ccccc2)nc1. The molecule has 2 aromatic carbocycles. The summed E-state index contributed by atoms with van der Waals surface area (Å²) < 4.78 is 4.70. The predicted octanol–water partition coefficient (Wildman–Crippen LogP) is 3.84. The second-order valence-electron chi connectivity index (χ2n) is 13.2. The number of nitrogens with two attached hydrogens (primary N) is 1. The molecule has 14 nitrogen and oxygen atoms in total. The van der Waals surface area contributed by atoms with Crippen molar-refractivity contribution in [1.29, 1.82) is 0 Å². The third kappa shape index (κ3) is 10.7. The number of aromatic nitrogens is 2. The Morgan fingerprint density at radius 3 is 1.37 bits per heavy atom. The van der Waals surface area contributed by atoms with Gasteiger partial charge in [-0.3, -0.25) is 24.6 Å². The number of Topliss-reactive ketones (excluding diaryl/α,β-unsaturated/α-hetero) is 1. The van der Waals surface area contributed by atoms with E-state index in [0.717, 1.165) is 43.2 Å². The maximum Gasteiger partial charge on any atom is 0.339 e. The van der Waals surface area contributed by atoms with Gasteiger partial charge in [0.2, 0.25) is 0 Å². The van der Waals surface area contributed by atoms with E-state index in [2.05, 4.69) is 33.9 Å². The summed E-state index contributed by atoms with van der Waals surface area (Å²) in [6.07, 6.45) is 3.00. The molecule has 4 amide bonds. The lowest BCUT2D eigenvalue weighted by Crippen LogP contribution is -2.52. The topological polar surface area (TPSA) is 149 Å². The molecule has 4 aromatic rings. The van der Waals surface area contributed by atoms with Gasteiger partial charge < -0.3 is 30.1 Å².